The summed E-state index contributed by atoms with van der Waals surface area (Å²) in [7, 11) is 2.96. The average Bonchev–Trinajstić information content (AvgIpc) is 2.44. The summed E-state index contributed by atoms with van der Waals surface area (Å²) in [6, 6.07) is 1.99. The van der Waals surface area contributed by atoms with Crippen molar-refractivity contribution < 1.29 is 0 Å². The molecule has 6 nitrogen and oxygen atoms in total. The molecule has 0 amide bonds. The van der Waals surface area contributed by atoms with Gasteiger partial charge in [0.05, 0.1) is 0 Å². The van der Waals surface area contributed by atoms with Gasteiger partial charge in [-0.15, -0.1) is 0 Å². The Bertz CT molecular complexity index is 714. The van der Waals surface area contributed by atoms with Crippen LogP contribution in [-0.4, -0.2) is 15.2 Å². The highest BCUT2D eigenvalue weighted by Gasteiger charge is 2.27. The molecule has 0 aromatic carbocycles. The van der Waals surface area contributed by atoms with Crippen LogP contribution in [0, 0.1) is 22.7 Å². The lowest BCUT2D eigenvalue weighted by atomic mass is 9.82. The van der Waals surface area contributed by atoms with Gasteiger partial charge >= 0.3 is 5.69 Å². The topological polar surface area (TPSA) is 79.8 Å². The van der Waals surface area contributed by atoms with Gasteiger partial charge in [-0.05, 0) is 24.2 Å². The van der Waals surface area contributed by atoms with Crippen molar-refractivity contribution in [1.29, 1.82) is 5.26 Å². The second kappa shape index (κ2) is 7.03. The van der Waals surface area contributed by atoms with Crippen LogP contribution >= 0.6 is 0 Å². The minimum Gasteiger partial charge on any atom is -0.367 e. The number of nitrogens with zero attached hydrogens (tertiary/aromatic N) is 3. The molecule has 0 aliphatic carbocycles. The molecule has 0 spiro atoms. The summed E-state index contributed by atoms with van der Waals surface area (Å²) in [6.07, 6.45) is 1.92. The predicted molar refractivity (Wildman–Crippen MR) is 92.6 cm³/mol. The number of hydrogen-bond acceptors (Lipinski definition) is 4. The lowest BCUT2D eigenvalue weighted by Gasteiger charge is -2.33. The highest BCUT2D eigenvalue weighted by molar-refractivity contribution is 5.52. The molecular weight excluding hydrogens is 292 g/mol. The summed E-state index contributed by atoms with van der Waals surface area (Å²) in [4.78, 5) is 24.3. The van der Waals surface area contributed by atoms with E-state index in [9.17, 15) is 14.9 Å². The van der Waals surface area contributed by atoms with Crippen molar-refractivity contribution in [1.82, 2.24) is 9.13 Å². The Morgan fingerprint density at radius 2 is 1.70 bits per heavy atom. The van der Waals surface area contributed by atoms with Crippen LogP contribution in [0.25, 0.3) is 0 Å². The summed E-state index contributed by atoms with van der Waals surface area (Å²) in [6.45, 7) is 10.6. The van der Waals surface area contributed by atoms with Crippen LogP contribution in [0.5, 0.6) is 0 Å². The van der Waals surface area contributed by atoms with Crippen molar-refractivity contribution in [3.8, 4) is 6.07 Å². The molecule has 1 unspecified atom stereocenters. The van der Waals surface area contributed by atoms with E-state index in [1.165, 1.54) is 11.6 Å². The van der Waals surface area contributed by atoms with E-state index in [2.05, 4.69) is 39.9 Å². The molecule has 6 heteroatoms. The molecule has 0 bridgehead atoms. The van der Waals surface area contributed by atoms with Gasteiger partial charge < -0.3 is 5.32 Å². The summed E-state index contributed by atoms with van der Waals surface area (Å²) in [5, 5.41) is 12.7. The molecule has 1 atom stereocenters. The average molecular weight is 320 g/mol. The van der Waals surface area contributed by atoms with Crippen LogP contribution in [0.15, 0.2) is 9.59 Å². The van der Waals surface area contributed by atoms with Crippen molar-refractivity contribution in [2.24, 2.45) is 25.4 Å². The van der Waals surface area contributed by atoms with E-state index in [1.54, 1.807) is 7.05 Å². The lowest BCUT2D eigenvalue weighted by Crippen LogP contribution is -2.43. The zero-order chi connectivity index (χ0) is 17.9. The third-order valence-corrected chi connectivity index (χ3v) is 4.17. The molecule has 23 heavy (non-hydrogen) atoms. The Labute approximate surface area is 137 Å². The Morgan fingerprint density at radius 1 is 1.13 bits per heavy atom. The highest BCUT2D eigenvalue weighted by atomic mass is 16.2. The summed E-state index contributed by atoms with van der Waals surface area (Å²) in [5.41, 5.74) is -1.09. The van der Waals surface area contributed by atoms with E-state index in [-0.39, 0.29) is 17.0 Å². The standard InChI is InChI=1S/C17H28N4O2/c1-11(2)8-9-13(17(3,4)5)19-14-12(10-18)15(22)21(7)16(23)20(14)6/h11,13,19H,8-9H2,1-7H3. The van der Waals surface area contributed by atoms with Gasteiger partial charge in [0.15, 0.2) is 5.56 Å². The fourth-order valence-corrected chi connectivity index (χ4v) is 2.50. The largest absolute Gasteiger partial charge is 0.367 e. The first kappa shape index (κ1) is 19.0. The fraction of sp³-hybridized carbons (Fsp3) is 0.706. The number of nitriles is 1. The molecular formula is C17H28N4O2. The van der Waals surface area contributed by atoms with E-state index >= 15 is 0 Å². The van der Waals surface area contributed by atoms with E-state index < -0.39 is 11.2 Å². The molecule has 1 heterocycles. The minimum absolute atomic E-state index is 0.0200. The van der Waals surface area contributed by atoms with Crippen LogP contribution in [0.2, 0.25) is 0 Å². The third-order valence-electron chi connectivity index (χ3n) is 4.17. The molecule has 0 fully saturated rings. The molecule has 1 rings (SSSR count). The van der Waals surface area contributed by atoms with E-state index in [1.807, 2.05) is 6.07 Å². The molecule has 0 aliphatic heterocycles. The third kappa shape index (κ3) is 4.25. The number of nitrogens with one attached hydrogen (secondary N) is 1. The number of hydrogen-bond donors (Lipinski definition) is 1. The number of rotatable bonds is 5. The SMILES string of the molecule is CC(C)CCC(Nc1c(C#N)c(=O)n(C)c(=O)n1C)C(C)(C)C. The van der Waals surface area contributed by atoms with Crippen LogP contribution in [0.4, 0.5) is 5.82 Å². The summed E-state index contributed by atoms with van der Waals surface area (Å²) < 4.78 is 2.30. The highest BCUT2D eigenvalue weighted by Crippen LogP contribution is 2.28. The van der Waals surface area contributed by atoms with Crippen LogP contribution in [0.3, 0.4) is 0 Å². The maximum atomic E-state index is 12.2. The van der Waals surface area contributed by atoms with Gasteiger partial charge in [-0.3, -0.25) is 13.9 Å². The normalized spacial score (nSPS) is 13.0. The number of aromatic nitrogens is 2. The molecule has 1 aromatic rings. The van der Waals surface area contributed by atoms with Gasteiger partial charge in [0.1, 0.15) is 11.9 Å². The number of anilines is 1. The monoisotopic (exact) mass is 320 g/mol. The first-order valence-corrected chi connectivity index (χ1v) is 7.97. The molecule has 1 aromatic heterocycles. The Hall–Kier alpha value is -2.03. The van der Waals surface area contributed by atoms with Crippen molar-refractivity contribution >= 4 is 5.82 Å². The Morgan fingerprint density at radius 3 is 2.13 bits per heavy atom. The molecule has 0 aliphatic rings. The van der Waals surface area contributed by atoms with Gasteiger partial charge in [-0.2, -0.15) is 5.26 Å². The van der Waals surface area contributed by atoms with Crippen molar-refractivity contribution in [2.45, 2.75) is 53.5 Å². The molecule has 0 saturated carbocycles. The van der Waals surface area contributed by atoms with Crippen LogP contribution in [0.1, 0.15) is 53.0 Å². The van der Waals surface area contributed by atoms with Gasteiger partial charge in [-0.1, -0.05) is 34.6 Å². The van der Waals surface area contributed by atoms with Crippen molar-refractivity contribution in [2.75, 3.05) is 5.32 Å². The van der Waals surface area contributed by atoms with Gasteiger partial charge in [-0.25, -0.2) is 4.79 Å². The molecule has 0 radical (unpaired) electrons. The Balaban J connectivity index is 3.37. The molecule has 1 N–H and O–H groups in total. The second-order valence-electron chi connectivity index (χ2n) is 7.58. The van der Waals surface area contributed by atoms with Gasteiger partial charge in [0, 0.05) is 20.1 Å². The van der Waals surface area contributed by atoms with Gasteiger partial charge in [0.2, 0.25) is 0 Å². The maximum absolute atomic E-state index is 12.2. The van der Waals surface area contributed by atoms with E-state index in [0.717, 1.165) is 17.4 Å². The zero-order valence-corrected chi connectivity index (χ0v) is 15.2. The quantitative estimate of drug-likeness (QED) is 0.902. The molecule has 0 saturated heterocycles. The van der Waals surface area contributed by atoms with Crippen LogP contribution in [-0.2, 0) is 14.1 Å². The van der Waals surface area contributed by atoms with Gasteiger partial charge in [0.25, 0.3) is 5.56 Å². The Kier molecular flexibility index (Phi) is 5.81. The predicted octanol–water partition coefficient (Wildman–Crippen LogP) is 2.22. The second-order valence-corrected chi connectivity index (χ2v) is 7.58. The van der Waals surface area contributed by atoms with Crippen molar-refractivity contribution in [3.05, 3.63) is 26.4 Å². The van der Waals surface area contributed by atoms with E-state index in [4.69, 9.17) is 0 Å². The summed E-state index contributed by atoms with van der Waals surface area (Å²) in [5.74, 6) is 0.869. The zero-order valence-electron chi connectivity index (χ0n) is 15.2. The maximum Gasteiger partial charge on any atom is 0.332 e. The summed E-state index contributed by atoms with van der Waals surface area (Å²) >= 11 is 0. The first-order chi connectivity index (χ1) is 10.5. The van der Waals surface area contributed by atoms with E-state index in [0.29, 0.717) is 11.7 Å². The smallest absolute Gasteiger partial charge is 0.332 e. The van der Waals surface area contributed by atoms with Crippen LogP contribution < -0.4 is 16.6 Å². The first-order valence-electron chi connectivity index (χ1n) is 7.97. The minimum atomic E-state index is -0.561. The fourth-order valence-electron chi connectivity index (χ4n) is 2.50. The van der Waals surface area contributed by atoms with Crippen molar-refractivity contribution in [3.63, 3.8) is 0 Å². The molecule has 128 valence electrons. The lowest BCUT2D eigenvalue weighted by molar-refractivity contribution is 0.308.